The highest BCUT2D eigenvalue weighted by atomic mass is 19.1. The summed E-state index contributed by atoms with van der Waals surface area (Å²) >= 11 is 0. The number of halogens is 2. The van der Waals surface area contributed by atoms with Gasteiger partial charge in [-0.1, -0.05) is 24.3 Å². The molecule has 0 N–H and O–H groups in total. The van der Waals surface area contributed by atoms with Gasteiger partial charge in [-0.05, 0) is 61.4 Å². The summed E-state index contributed by atoms with van der Waals surface area (Å²) in [5.74, 6) is -1.43. The van der Waals surface area contributed by atoms with Crippen LogP contribution in [0, 0.1) is 11.6 Å². The molecular weight excluding hydrogens is 378 g/mol. The summed E-state index contributed by atoms with van der Waals surface area (Å²) in [5.41, 5.74) is 1.52. The number of nitrogens with zero attached hydrogens (tertiary/aromatic N) is 4. The standard InChI is InChI=1S/C21H20F2N4O2/c1-4-29-21(28)19(20-24-26-27(25-20)13(2)3)18(14-5-9-16(22)10-6-14)15-7-11-17(23)12-8-15/h5-13H,4H2,1-3H3. The topological polar surface area (TPSA) is 69.9 Å². The molecule has 0 aliphatic heterocycles. The fourth-order valence-corrected chi connectivity index (χ4v) is 2.74. The first-order chi connectivity index (χ1) is 13.9. The average molecular weight is 398 g/mol. The number of hydrogen-bond donors (Lipinski definition) is 0. The molecule has 2 aromatic carbocycles. The van der Waals surface area contributed by atoms with E-state index in [0.29, 0.717) is 16.7 Å². The van der Waals surface area contributed by atoms with Gasteiger partial charge in [0.1, 0.15) is 17.2 Å². The summed E-state index contributed by atoms with van der Waals surface area (Å²) in [7, 11) is 0. The smallest absolute Gasteiger partial charge is 0.342 e. The van der Waals surface area contributed by atoms with Gasteiger partial charge in [0.25, 0.3) is 0 Å². The molecule has 0 spiro atoms. The molecule has 1 aromatic heterocycles. The van der Waals surface area contributed by atoms with Gasteiger partial charge in [-0.25, -0.2) is 13.6 Å². The van der Waals surface area contributed by atoms with Gasteiger partial charge in [-0.15, -0.1) is 10.2 Å². The molecule has 0 fully saturated rings. The van der Waals surface area contributed by atoms with Crippen molar-refractivity contribution < 1.29 is 18.3 Å². The van der Waals surface area contributed by atoms with Gasteiger partial charge in [0, 0.05) is 5.57 Å². The Balaban J connectivity index is 2.32. The van der Waals surface area contributed by atoms with Crippen LogP contribution in [-0.2, 0) is 9.53 Å². The zero-order chi connectivity index (χ0) is 21.0. The Kier molecular flexibility index (Phi) is 6.11. The quantitative estimate of drug-likeness (QED) is 0.463. The third-order valence-electron chi connectivity index (χ3n) is 4.11. The molecule has 29 heavy (non-hydrogen) atoms. The van der Waals surface area contributed by atoms with Crippen LogP contribution >= 0.6 is 0 Å². The molecule has 3 rings (SSSR count). The summed E-state index contributed by atoms with van der Waals surface area (Å²) in [5, 5.41) is 12.3. The second kappa shape index (κ2) is 8.72. The summed E-state index contributed by atoms with van der Waals surface area (Å²) in [6, 6.07) is 11.2. The van der Waals surface area contributed by atoms with Crippen LogP contribution in [0.3, 0.4) is 0 Å². The van der Waals surface area contributed by atoms with E-state index in [1.165, 1.54) is 53.3 Å². The average Bonchev–Trinajstić information content (AvgIpc) is 3.18. The maximum absolute atomic E-state index is 13.5. The van der Waals surface area contributed by atoms with Gasteiger partial charge >= 0.3 is 5.97 Å². The van der Waals surface area contributed by atoms with Gasteiger partial charge in [0.15, 0.2) is 0 Å². The minimum absolute atomic E-state index is 0.0666. The Morgan fingerprint density at radius 2 is 1.52 bits per heavy atom. The minimum Gasteiger partial charge on any atom is -0.462 e. The second-order valence-corrected chi connectivity index (χ2v) is 6.51. The second-order valence-electron chi connectivity index (χ2n) is 6.51. The number of esters is 1. The summed E-state index contributed by atoms with van der Waals surface area (Å²) in [6.45, 7) is 5.57. The normalized spacial score (nSPS) is 10.8. The van der Waals surface area contributed by atoms with E-state index < -0.39 is 17.6 Å². The molecule has 6 nitrogen and oxygen atoms in total. The van der Waals surface area contributed by atoms with E-state index in [9.17, 15) is 13.6 Å². The molecule has 3 aromatic rings. The monoisotopic (exact) mass is 398 g/mol. The van der Waals surface area contributed by atoms with Crippen LogP contribution in [0.15, 0.2) is 48.5 Å². The molecule has 0 saturated heterocycles. The number of aromatic nitrogens is 4. The van der Waals surface area contributed by atoms with Crippen molar-refractivity contribution >= 4 is 17.1 Å². The van der Waals surface area contributed by atoms with Crippen LogP contribution < -0.4 is 0 Å². The molecule has 0 radical (unpaired) electrons. The number of ether oxygens (including phenoxy) is 1. The third kappa shape index (κ3) is 4.53. The first-order valence-electron chi connectivity index (χ1n) is 9.13. The molecule has 0 atom stereocenters. The van der Waals surface area contributed by atoms with E-state index in [1.807, 2.05) is 13.8 Å². The highest BCUT2D eigenvalue weighted by molar-refractivity contribution is 6.25. The van der Waals surface area contributed by atoms with Crippen LogP contribution in [-0.4, -0.2) is 32.8 Å². The molecule has 8 heteroatoms. The molecule has 0 saturated carbocycles. The third-order valence-corrected chi connectivity index (χ3v) is 4.11. The van der Waals surface area contributed by atoms with E-state index in [-0.39, 0.29) is 24.0 Å². The maximum Gasteiger partial charge on any atom is 0.342 e. The van der Waals surface area contributed by atoms with Gasteiger partial charge in [0.2, 0.25) is 5.82 Å². The van der Waals surface area contributed by atoms with Crippen molar-refractivity contribution in [2.75, 3.05) is 6.61 Å². The van der Waals surface area contributed by atoms with Crippen molar-refractivity contribution in [3.8, 4) is 0 Å². The first kappa shape index (κ1) is 20.3. The summed E-state index contributed by atoms with van der Waals surface area (Å²) in [4.78, 5) is 14.3. The van der Waals surface area contributed by atoms with Crippen LogP contribution in [0.5, 0.6) is 0 Å². The van der Waals surface area contributed by atoms with Gasteiger partial charge in [-0.2, -0.15) is 4.80 Å². The minimum atomic E-state index is -0.653. The van der Waals surface area contributed by atoms with Crippen LogP contribution in [0.1, 0.15) is 43.8 Å². The van der Waals surface area contributed by atoms with Crippen LogP contribution in [0.25, 0.3) is 11.1 Å². The number of hydrogen-bond acceptors (Lipinski definition) is 5. The zero-order valence-corrected chi connectivity index (χ0v) is 16.3. The van der Waals surface area contributed by atoms with Crippen molar-refractivity contribution in [3.63, 3.8) is 0 Å². The number of tetrazole rings is 1. The number of benzene rings is 2. The zero-order valence-electron chi connectivity index (χ0n) is 16.3. The van der Waals surface area contributed by atoms with Gasteiger partial charge in [-0.3, -0.25) is 0 Å². The molecule has 150 valence electrons. The lowest BCUT2D eigenvalue weighted by Crippen LogP contribution is -2.12. The van der Waals surface area contributed by atoms with E-state index >= 15 is 0 Å². The van der Waals surface area contributed by atoms with Crippen molar-refractivity contribution in [1.82, 2.24) is 20.2 Å². The molecule has 0 aliphatic carbocycles. The highest BCUT2D eigenvalue weighted by Gasteiger charge is 2.26. The highest BCUT2D eigenvalue weighted by Crippen LogP contribution is 2.32. The molecule has 0 bridgehead atoms. The molecule has 0 unspecified atom stereocenters. The SMILES string of the molecule is CCOC(=O)C(=C(c1ccc(F)cc1)c1ccc(F)cc1)c1nnn(C(C)C)n1. The molecule has 0 aliphatic rings. The lowest BCUT2D eigenvalue weighted by Gasteiger charge is -2.14. The lowest BCUT2D eigenvalue weighted by atomic mass is 9.92. The number of carbonyl (C=O) groups excluding carboxylic acids is 1. The van der Waals surface area contributed by atoms with Crippen molar-refractivity contribution in [1.29, 1.82) is 0 Å². The number of rotatable bonds is 6. The lowest BCUT2D eigenvalue weighted by molar-refractivity contribution is -0.136. The Morgan fingerprint density at radius 3 is 1.93 bits per heavy atom. The van der Waals surface area contributed by atoms with E-state index in [1.54, 1.807) is 6.92 Å². The first-order valence-corrected chi connectivity index (χ1v) is 9.13. The van der Waals surface area contributed by atoms with Crippen LogP contribution in [0.4, 0.5) is 8.78 Å². The Bertz CT molecular complexity index is 978. The predicted octanol–water partition coefficient (Wildman–Crippen LogP) is 4.05. The Hall–Kier alpha value is -3.42. The van der Waals surface area contributed by atoms with Crippen LogP contribution in [0.2, 0.25) is 0 Å². The Labute approximate surface area is 166 Å². The molecule has 0 amide bonds. The largest absolute Gasteiger partial charge is 0.462 e. The number of carbonyl (C=O) groups is 1. The molecule has 1 heterocycles. The summed E-state index contributed by atoms with van der Waals surface area (Å²) in [6.07, 6.45) is 0. The van der Waals surface area contributed by atoms with E-state index in [0.717, 1.165) is 0 Å². The predicted molar refractivity (Wildman–Crippen MR) is 104 cm³/mol. The molecular formula is C21H20F2N4O2. The van der Waals surface area contributed by atoms with Gasteiger partial charge in [0.05, 0.1) is 12.6 Å². The Morgan fingerprint density at radius 1 is 1.00 bits per heavy atom. The van der Waals surface area contributed by atoms with E-state index in [2.05, 4.69) is 15.4 Å². The summed E-state index contributed by atoms with van der Waals surface area (Å²) < 4.78 is 32.2. The fourth-order valence-electron chi connectivity index (χ4n) is 2.74. The van der Waals surface area contributed by atoms with Crippen molar-refractivity contribution in [2.24, 2.45) is 0 Å². The fraction of sp³-hybridized carbons (Fsp3) is 0.238. The van der Waals surface area contributed by atoms with Crippen molar-refractivity contribution in [3.05, 3.63) is 77.1 Å². The van der Waals surface area contributed by atoms with Crippen molar-refractivity contribution in [2.45, 2.75) is 26.8 Å². The maximum atomic E-state index is 13.5. The van der Waals surface area contributed by atoms with Gasteiger partial charge < -0.3 is 4.74 Å². The van der Waals surface area contributed by atoms with E-state index in [4.69, 9.17) is 4.74 Å².